The quantitative estimate of drug-likeness (QED) is 0.503. The van der Waals surface area contributed by atoms with Crippen LogP contribution in [0, 0.1) is 5.82 Å². The van der Waals surface area contributed by atoms with Crippen molar-refractivity contribution in [2.24, 2.45) is 0 Å². The van der Waals surface area contributed by atoms with Gasteiger partial charge in [-0.2, -0.15) is 0 Å². The minimum atomic E-state index is -0.779. The summed E-state index contributed by atoms with van der Waals surface area (Å²) < 4.78 is 14.6. The Kier molecular flexibility index (Phi) is 4.30. The molecule has 2 aromatic carbocycles. The summed E-state index contributed by atoms with van der Waals surface area (Å²) in [6.45, 7) is 0. The highest BCUT2D eigenvalue weighted by Gasteiger charge is 2.23. The lowest BCUT2D eigenvalue weighted by molar-refractivity contribution is 0.467. The van der Waals surface area contributed by atoms with E-state index in [1.165, 1.54) is 18.3 Å². The van der Waals surface area contributed by atoms with Crippen LogP contribution < -0.4 is 5.32 Å². The maximum Gasteiger partial charge on any atom is 0.169 e. The molecule has 0 aliphatic heterocycles. The Balaban J connectivity index is 1.89. The maximum atomic E-state index is 14.6. The van der Waals surface area contributed by atoms with Gasteiger partial charge in [-0.05, 0) is 24.3 Å². The molecule has 0 saturated carbocycles. The molecule has 0 saturated heterocycles. The minimum absolute atomic E-state index is 0.0516. The standard InChI is InChI=1S/C21H16FN3O2/c22-16-7-2-1-6-14(16)19(25-21-17(26)8-4-12-24-21)15-10-9-13-5-3-11-23-18(13)20(15)27/h1-12,19,26-27H,(H,24,25)/t19-/m1/s1. The van der Waals surface area contributed by atoms with Gasteiger partial charge in [0.2, 0.25) is 0 Å². The second-order valence-electron chi connectivity index (χ2n) is 6.05. The van der Waals surface area contributed by atoms with Crippen LogP contribution in [0.2, 0.25) is 0 Å². The number of aromatic hydroxyl groups is 2. The first-order valence-electron chi connectivity index (χ1n) is 8.36. The van der Waals surface area contributed by atoms with Crippen LogP contribution in [0.3, 0.4) is 0 Å². The molecular weight excluding hydrogens is 345 g/mol. The molecule has 0 unspecified atom stereocenters. The SMILES string of the molecule is Oc1cccnc1N[C@H](c1ccccc1F)c1ccc2cccnc2c1O. The van der Waals surface area contributed by atoms with E-state index in [-0.39, 0.29) is 17.3 Å². The van der Waals surface area contributed by atoms with E-state index in [1.807, 2.05) is 12.1 Å². The topological polar surface area (TPSA) is 78.3 Å². The Morgan fingerprint density at radius 2 is 1.59 bits per heavy atom. The Bertz CT molecular complexity index is 1120. The Morgan fingerprint density at radius 1 is 0.815 bits per heavy atom. The van der Waals surface area contributed by atoms with Crippen LogP contribution in [-0.4, -0.2) is 20.2 Å². The number of fused-ring (bicyclic) bond motifs is 1. The molecule has 0 radical (unpaired) electrons. The van der Waals surface area contributed by atoms with Crippen molar-refractivity contribution in [1.29, 1.82) is 0 Å². The van der Waals surface area contributed by atoms with Crippen molar-refractivity contribution in [3.05, 3.63) is 90.0 Å². The maximum absolute atomic E-state index is 14.6. The van der Waals surface area contributed by atoms with Crippen molar-refractivity contribution in [2.45, 2.75) is 6.04 Å². The summed E-state index contributed by atoms with van der Waals surface area (Å²) in [6, 6.07) is 15.7. The third kappa shape index (κ3) is 3.13. The number of benzene rings is 2. The van der Waals surface area contributed by atoms with Gasteiger partial charge in [-0.25, -0.2) is 9.37 Å². The van der Waals surface area contributed by atoms with E-state index in [2.05, 4.69) is 15.3 Å². The second kappa shape index (κ2) is 6.92. The van der Waals surface area contributed by atoms with E-state index >= 15 is 0 Å². The summed E-state index contributed by atoms with van der Waals surface area (Å²) in [4.78, 5) is 8.34. The van der Waals surface area contributed by atoms with Crippen LogP contribution in [-0.2, 0) is 0 Å². The third-order valence-corrected chi connectivity index (χ3v) is 4.37. The summed E-state index contributed by atoms with van der Waals surface area (Å²) in [6.07, 6.45) is 3.10. The summed E-state index contributed by atoms with van der Waals surface area (Å²) in [7, 11) is 0. The number of phenolic OH excluding ortho intramolecular Hbond substituents is 1. The number of hydrogen-bond acceptors (Lipinski definition) is 5. The number of phenols is 1. The summed E-state index contributed by atoms with van der Waals surface area (Å²) >= 11 is 0. The van der Waals surface area contributed by atoms with E-state index in [0.29, 0.717) is 16.6 Å². The van der Waals surface area contributed by atoms with Gasteiger partial charge >= 0.3 is 0 Å². The molecule has 0 bridgehead atoms. The van der Waals surface area contributed by atoms with Crippen LogP contribution in [0.1, 0.15) is 17.2 Å². The van der Waals surface area contributed by atoms with E-state index < -0.39 is 11.9 Å². The monoisotopic (exact) mass is 361 g/mol. The molecule has 4 rings (SSSR count). The van der Waals surface area contributed by atoms with Gasteiger partial charge in [0.25, 0.3) is 0 Å². The van der Waals surface area contributed by atoms with Gasteiger partial charge in [0, 0.05) is 28.9 Å². The molecule has 1 atom stereocenters. The molecule has 27 heavy (non-hydrogen) atoms. The lowest BCUT2D eigenvalue weighted by atomic mass is 9.95. The van der Waals surface area contributed by atoms with Crippen molar-refractivity contribution in [1.82, 2.24) is 9.97 Å². The van der Waals surface area contributed by atoms with Gasteiger partial charge in [0.15, 0.2) is 11.6 Å². The summed E-state index contributed by atoms with van der Waals surface area (Å²) in [5.41, 5.74) is 1.16. The minimum Gasteiger partial charge on any atom is -0.505 e. The fraction of sp³-hybridized carbons (Fsp3) is 0.0476. The molecule has 0 spiro atoms. The number of anilines is 1. The molecule has 6 heteroatoms. The van der Waals surface area contributed by atoms with Crippen LogP contribution in [0.4, 0.5) is 10.2 Å². The highest BCUT2D eigenvalue weighted by molar-refractivity contribution is 5.86. The van der Waals surface area contributed by atoms with Crippen molar-refractivity contribution >= 4 is 16.7 Å². The fourth-order valence-corrected chi connectivity index (χ4v) is 3.06. The zero-order valence-corrected chi connectivity index (χ0v) is 14.2. The highest BCUT2D eigenvalue weighted by Crippen LogP contribution is 2.38. The van der Waals surface area contributed by atoms with Gasteiger partial charge in [-0.15, -0.1) is 0 Å². The summed E-state index contributed by atoms with van der Waals surface area (Å²) in [5, 5.41) is 24.7. The smallest absolute Gasteiger partial charge is 0.169 e. The van der Waals surface area contributed by atoms with Crippen molar-refractivity contribution < 1.29 is 14.6 Å². The normalized spacial score (nSPS) is 12.0. The first-order chi connectivity index (χ1) is 13.1. The Hall–Kier alpha value is -3.67. The number of hydrogen-bond donors (Lipinski definition) is 3. The first kappa shape index (κ1) is 16.8. The molecule has 3 N–H and O–H groups in total. The average Bonchev–Trinajstić information content (AvgIpc) is 2.69. The lowest BCUT2D eigenvalue weighted by Gasteiger charge is -2.22. The van der Waals surface area contributed by atoms with Crippen molar-refractivity contribution in [2.75, 3.05) is 5.32 Å². The van der Waals surface area contributed by atoms with Gasteiger partial charge in [0.1, 0.15) is 17.1 Å². The van der Waals surface area contributed by atoms with Crippen LogP contribution >= 0.6 is 0 Å². The van der Waals surface area contributed by atoms with Crippen molar-refractivity contribution in [3.8, 4) is 11.5 Å². The van der Waals surface area contributed by atoms with Gasteiger partial charge in [-0.1, -0.05) is 36.4 Å². The van der Waals surface area contributed by atoms with Gasteiger partial charge < -0.3 is 15.5 Å². The predicted molar refractivity (Wildman–Crippen MR) is 101 cm³/mol. The van der Waals surface area contributed by atoms with Crippen LogP contribution in [0.5, 0.6) is 11.5 Å². The molecule has 5 nitrogen and oxygen atoms in total. The van der Waals surface area contributed by atoms with Crippen LogP contribution in [0.15, 0.2) is 73.1 Å². The zero-order valence-electron chi connectivity index (χ0n) is 14.2. The number of nitrogens with zero attached hydrogens (tertiary/aromatic N) is 2. The lowest BCUT2D eigenvalue weighted by Crippen LogP contribution is -2.15. The molecule has 2 aromatic heterocycles. The molecule has 0 aliphatic rings. The van der Waals surface area contributed by atoms with E-state index in [0.717, 1.165) is 5.39 Å². The van der Waals surface area contributed by atoms with Gasteiger partial charge in [0.05, 0.1) is 6.04 Å². The molecular formula is C21H16FN3O2. The number of nitrogens with one attached hydrogen (secondary N) is 1. The molecule has 0 amide bonds. The molecule has 4 aromatic rings. The number of aromatic nitrogens is 2. The average molecular weight is 361 g/mol. The van der Waals surface area contributed by atoms with Gasteiger partial charge in [-0.3, -0.25) is 4.98 Å². The predicted octanol–water partition coefficient (Wildman–Crippen LogP) is 4.38. The van der Waals surface area contributed by atoms with Crippen molar-refractivity contribution in [3.63, 3.8) is 0 Å². The second-order valence-corrected chi connectivity index (χ2v) is 6.05. The zero-order chi connectivity index (χ0) is 18.8. The Labute approximate surface area is 154 Å². The largest absolute Gasteiger partial charge is 0.505 e. The fourth-order valence-electron chi connectivity index (χ4n) is 3.06. The summed E-state index contributed by atoms with van der Waals surface area (Å²) in [5.74, 6) is -0.376. The van der Waals surface area contributed by atoms with E-state index in [1.54, 1.807) is 42.6 Å². The number of rotatable bonds is 4. The third-order valence-electron chi connectivity index (χ3n) is 4.37. The molecule has 0 fully saturated rings. The number of halogens is 1. The Morgan fingerprint density at radius 3 is 2.41 bits per heavy atom. The highest BCUT2D eigenvalue weighted by atomic mass is 19.1. The van der Waals surface area contributed by atoms with Crippen LogP contribution in [0.25, 0.3) is 10.9 Å². The molecule has 0 aliphatic carbocycles. The van der Waals surface area contributed by atoms with E-state index in [4.69, 9.17) is 0 Å². The number of pyridine rings is 2. The molecule has 2 heterocycles. The first-order valence-corrected chi connectivity index (χ1v) is 8.36. The van der Waals surface area contributed by atoms with E-state index in [9.17, 15) is 14.6 Å². The molecule has 134 valence electrons.